The maximum Gasteiger partial charge on any atom is 0.0215 e. The van der Waals surface area contributed by atoms with E-state index in [9.17, 15) is 0 Å². The summed E-state index contributed by atoms with van der Waals surface area (Å²) in [7, 11) is 0. The van der Waals surface area contributed by atoms with Crippen LogP contribution in [0.2, 0.25) is 0 Å². The van der Waals surface area contributed by atoms with Crippen molar-refractivity contribution < 1.29 is 0 Å². The van der Waals surface area contributed by atoms with Gasteiger partial charge in [-0.05, 0) is 25.7 Å². The number of hydrogen-bond donors (Lipinski definition) is 1. The van der Waals surface area contributed by atoms with Crippen LogP contribution in [0.25, 0.3) is 0 Å². The fraction of sp³-hybridized carbons (Fsp3) is 1.00. The van der Waals surface area contributed by atoms with Gasteiger partial charge in [-0.25, -0.2) is 5.01 Å². The minimum atomic E-state index is 0.798. The van der Waals surface area contributed by atoms with Crippen LogP contribution in [0.5, 0.6) is 0 Å². The molecule has 1 aliphatic heterocycles. The predicted molar refractivity (Wildman–Crippen MR) is 55.4 cm³/mol. The van der Waals surface area contributed by atoms with E-state index in [4.69, 9.17) is 0 Å². The molecule has 1 heterocycles. The molecule has 0 amide bonds. The lowest BCUT2D eigenvalue weighted by Gasteiger charge is -2.33. The van der Waals surface area contributed by atoms with Crippen molar-refractivity contribution in [1.29, 1.82) is 0 Å². The summed E-state index contributed by atoms with van der Waals surface area (Å²) in [5.74, 6) is 0. The highest BCUT2D eigenvalue weighted by Crippen LogP contribution is 2.18. The van der Waals surface area contributed by atoms with Gasteiger partial charge in [-0.3, -0.25) is 5.43 Å². The molecule has 0 aromatic carbocycles. The normalized spacial score (nSPS) is 27.7. The lowest BCUT2D eigenvalue weighted by atomic mass is 9.96. The van der Waals surface area contributed by atoms with Crippen molar-refractivity contribution in [2.75, 3.05) is 13.1 Å². The maximum absolute atomic E-state index is 3.69. The second-order valence-corrected chi connectivity index (χ2v) is 4.51. The summed E-state index contributed by atoms with van der Waals surface area (Å²) < 4.78 is 0. The van der Waals surface area contributed by atoms with Crippen LogP contribution in [0.1, 0.15) is 51.4 Å². The monoisotopic (exact) mass is 182 g/mol. The van der Waals surface area contributed by atoms with E-state index >= 15 is 0 Å². The smallest absolute Gasteiger partial charge is 0.0215 e. The van der Waals surface area contributed by atoms with Crippen molar-refractivity contribution in [3.05, 3.63) is 0 Å². The lowest BCUT2D eigenvalue weighted by Crippen LogP contribution is -2.47. The molecule has 13 heavy (non-hydrogen) atoms. The molecule has 0 spiro atoms. The Morgan fingerprint density at radius 2 is 1.38 bits per heavy atom. The Labute approximate surface area is 81.7 Å². The third-order valence-electron chi connectivity index (χ3n) is 3.33. The number of hydrogen-bond acceptors (Lipinski definition) is 2. The van der Waals surface area contributed by atoms with Gasteiger partial charge in [0, 0.05) is 19.1 Å². The van der Waals surface area contributed by atoms with Crippen molar-refractivity contribution in [3.8, 4) is 0 Å². The highest BCUT2D eigenvalue weighted by Gasteiger charge is 2.17. The van der Waals surface area contributed by atoms with Gasteiger partial charge in [0.25, 0.3) is 0 Å². The minimum Gasteiger partial charge on any atom is -0.252 e. The lowest BCUT2D eigenvalue weighted by molar-refractivity contribution is 0.114. The fourth-order valence-electron chi connectivity index (χ4n) is 2.51. The molecule has 0 bridgehead atoms. The molecule has 1 saturated carbocycles. The van der Waals surface area contributed by atoms with E-state index < -0.39 is 0 Å². The molecule has 1 N–H and O–H groups in total. The molecule has 0 atom stereocenters. The van der Waals surface area contributed by atoms with E-state index in [2.05, 4.69) is 10.4 Å². The standard InChI is InChI=1S/C11H22N2/c1-3-7-11(8-4-1)12-13-9-5-2-6-10-13/h11-12H,1-10H2. The first-order valence-electron chi connectivity index (χ1n) is 5.96. The number of nitrogens with one attached hydrogen (secondary N) is 1. The number of nitrogens with zero attached hydrogens (tertiary/aromatic N) is 1. The second-order valence-electron chi connectivity index (χ2n) is 4.51. The Morgan fingerprint density at radius 1 is 0.769 bits per heavy atom. The van der Waals surface area contributed by atoms with Crippen LogP contribution in [0.3, 0.4) is 0 Å². The highest BCUT2D eigenvalue weighted by atomic mass is 15.5. The molecule has 0 aromatic heterocycles. The van der Waals surface area contributed by atoms with Crippen LogP contribution < -0.4 is 5.43 Å². The largest absolute Gasteiger partial charge is 0.252 e. The van der Waals surface area contributed by atoms with Gasteiger partial charge in [0.15, 0.2) is 0 Å². The Balaban J connectivity index is 1.69. The second kappa shape index (κ2) is 4.97. The van der Waals surface area contributed by atoms with Gasteiger partial charge >= 0.3 is 0 Å². The molecule has 0 unspecified atom stereocenters. The van der Waals surface area contributed by atoms with Crippen LogP contribution in [0.15, 0.2) is 0 Å². The third-order valence-corrected chi connectivity index (χ3v) is 3.33. The van der Waals surface area contributed by atoms with E-state index in [-0.39, 0.29) is 0 Å². The van der Waals surface area contributed by atoms with Crippen molar-refractivity contribution in [2.24, 2.45) is 0 Å². The summed E-state index contributed by atoms with van der Waals surface area (Å²) in [5, 5.41) is 2.46. The quantitative estimate of drug-likeness (QED) is 0.705. The van der Waals surface area contributed by atoms with Gasteiger partial charge < -0.3 is 0 Å². The van der Waals surface area contributed by atoms with Gasteiger partial charge in [-0.1, -0.05) is 25.7 Å². The Hall–Kier alpha value is -0.0800. The highest BCUT2D eigenvalue weighted by molar-refractivity contribution is 4.72. The molecule has 2 rings (SSSR count). The van der Waals surface area contributed by atoms with Crippen LogP contribution in [0.4, 0.5) is 0 Å². The molecule has 2 heteroatoms. The van der Waals surface area contributed by atoms with Crippen LogP contribution in [-0.2, 0) is 0 Å². The molecule has 2 fully saturated rings. The molecule has 0 radical (unpaired) electrons. The van der Waals surface area contributed by atoms with Gasteiger partial charge in [-0.2, -0.15) is 0 Å². The van der Waals surface area contributed by atoms with Crippen molar-refractivity contribution >= 4 is 0 Å². The number of piperidine rings is 1. The van der Waals surface area contributed by atoms with E-state index in [1.54, 1.807) is 0 Å². The predicted octanol–water partition coefficient (Wildman–Crippen LogP) is 2.31. The van der Waals surface area contributed by atoms with Gasteiger partial charge in [0.05, 0.1) is 0 Å². The molecule has 1 aliphatic carbocycles. The molecule has 1 saturated heterocycles. The SMILES string of the molecule is C1CCC(NN2CCCCC2)CC1. The zero-order valence-corrected chi connectivity index (χ0v) is 8.60. The first kappa shape index (κ1) is 9.47. The van der Waals surface area contributed by atoms with Crippen molar-refractivity contribution in [3.63, 3.8) is 0 Å². The van der Waals surface area contributed by atoms with Gasteiger partial charge in [0.2, 0.25) is 0 Å². The van der Waals surface area contributed by atoms with Gasteiger partial charge in [-0.15, -0.1) is 0 Å². The summed E-state index contributed by atoms with van der Waals surface area (Å²) >= 11 is 0. The summed E-state index contributed by atoms with van der Waals surface area (Å²) in [5.41, 5.74) is 3.69. The molecule has 76 valence electrons. The van der Waals surface area contributed by atoms with Gasteiger partial charge in [0.1, 0.15) is 0 Å². The van der Waals surface area contributed by atoms with Crippen molar-refractivity contribution in [1.82, 2.24) is 10.4 Å². The number of hydrazine groups is 1. The van der Waals surface area contributed by atoms with Crippen LogP contribution in [-0.4, -0.2) is 24.1 Å². The minimum absolute atomic E-state index is 0.798. The van der Waals surface area contributed by atoms with Crippen molar-refractivity contribution in [2.45, 2.75) is 57.4 Å². The average Bonchev–Trinajstić information content (AvgIpc) is 2.21. The summed E-state index contributed by atoms with van der Waals surface area (Å²) in [6.45, 7) is 2.55. The molecule has 2 nitrogen and oxygen atoms in total. The first-order valence-corrected chi connectivity index (χ1v) is 5.96. The topological polar surface area (TPSA) is 15.3 Å². The average molecular weight is 182 g/mol. The maximum atomic E-state index is 3.69. The Bertz CT molecular complexity index is 119. The number of rotatable bonds is 2. The van der Waals surface area contributed by atoms with Crippen LogP contribution >= 0.6 is 0 Å². The molecule has 0 aromatic rings. The Kier molecular flexibility index (Phi) is 3.62. The zero-order chi connectivity index (χ0) is 8.93. The Morgan fingerprint density at radius 3 is 2.08 bits per heavy atom. The zero-order valence-electron chi connectivity index (χ0n) is 8.60. The molecule has 2 aliphatic rings. The molecular formula is C11H22N2. The summed E-state index contributed by atoms with van der Waals surface area (Å²) in [6, 6.07) is 0.798. The van der Waals surface area contributed by atoms with E-state index in [0.29, 0.717) is 0 Å². The van der Waals surface area contributed by atoms with E-state index in [1.807, 2.05) is 0 Å². The van der Waals surface area contributed by atoms with Crippen LogP contribution in [0, 0.1) is 0 Å². The van der Waals surface area contributed by atoms with E-state index in [1.165, 1.54) is 64.5 Å². The first-order chi connectivity index (χ1) is 6.45. The third kappa shape index (κ3) is 2.96. The summed E-state index contributed by atoms with van der Waals surface area (Å²) in [4.78, 5) is 0. The van der Waals surface area contributed by atoms with E-state index in [0.717, 1.165) is 6.04 Å². The summed E-state index contributed by atoms with van der Waals surface area (Å²) in [6.07, 6.45) is 11.3. The fourth-order valence-corrected chi connectivity index (χ4v) is 2.51. The molecular weight excluding hydrogens is 160 g/mol.